The van der Waals surface area contributed by atoms with E-state index in [4.69, 9.17) is 4.52 Å². The van der Waals surface area contributed by atoms with E-state index >= 15 is 0 Å². The molecular weight excluding hydrogens is 224 g/mol. The summed E-state index contributed by atoms with van der Waals surface area (Å²) in [6.45, 7) is 4.67. The zero-order valence-corrected chi connectivity index (χ0v) is 10.2. The lowest BCUT2D eigenvalue weighted by molar-refractivity contribution is 0.377. The first-order valence-corrected chi connectivity index (χ1v) is 6.13. The highest BCUT2D eigenvalue weighted by Gasteiger charge is 2.03. The highest BCUT2D eigenvalue weighted by molar-refractivity contribution is 7.13. The minimum Gasteiger partial charge on any atom is -0.361 e. The molecule has 2 aromatic heterocycles. The SMILES string of the molecule is CCc1csc(NCCc2nc(C)no2)n1. The highest BCUT2D eigenvalue weighted by atomic mass is 32.1. The summed E-state index contributed by atoms with van der Waals surface area (Å²) in [5, 5.41) is 9.99. The molecule has 16 heavy (non-hydrogen) atoms. The second-order valence-corrected chi connectivity index (χ2v) is 4.27. The molecule has 5 nitrogen and oxygen atoms in total. The average molecular weight is 238 g/mol. The van der Waals surface area contributed by atoms with Crippen molar-refractivity contribution < 1.29 is 4.52 Å². The molecule has 0 radical (unpaired) electrons. The zero-order valence-electron chi connectivity index (χ0n) is 9.36. The van der Waals surface area contributed by atoms with E-state index in [1.54, 1.807) is 11.3 Å². The Morgan fingerprint density at radius 1 is 1.44 bits per heavy atom. The fourth-order valence-corrected chi connectivity index (χ4v) is 2.09. The number of nitrogens with one attached hydrogen (secondary N) is 1. The van der Waals surface area contributed by atoms with E-state index in [1.807, 2.05) is 6.92 Å². The Morgan fingerprint density at radius 3 is 2.94 bits per heavy atom. The van der Waals surface area contributed by atoms with Gasteiger partial charge >= 0.3 is 0 Å². The first kappa shape index (κ1) is 11.1. The molecule has 0 saturated heterocycles. The summed E-state index contributed by atoms with van der Waals surface area (Å²) >= 11 is 1.63. The maximum Gasteiger partial charge on any atom is 0.228 e. The second-order valence-electron chi connectivity index (χ2n) is 3.41. The van der Waals surface area contributed by atoms with Crippen molar-refractivity contribution >= 4 is 16.5 Å². The maximum absolute atomic E-state index is 5.01. The van der Waals surface area contributed by atoms with Crippen molar-refractivity contribution in [1.29, 1.82) is 0 Å². The Bertz CT molecular complexity index is 451. The summed E-state index contributed by atoms with van der Waals surface area (Å²) < 4.78 is 5.01. The lowest BCUT2D eigenvalue weighted by Crippen LogP contribution is -2.04. The van der Waals surface area contributed by atoms with Gasteiger partial charge in [-0.25, -0.2) is 4.98 Å². The first-order valence-electron chi connectivity index (χ1n) is 5.25. The summed E-state index contributed by atoms with van der Waals surface area (Å²) in [5.41, 5.74) is 1.13. The van der Waals surface area contributed by atoms with Crippen LogP contribution in [0.5, 0.6) is 0 Å². The number of aromatic nitrogens is 3. The van der Waals surface area contributed by atoms with Gasteiger partial charge in [-0.3, -0.25) is 0 Å². The van der Waals surface area contributed by atoms with Crippen molar-refractivity contribution in [1.82, 2.24) is 15.1 Å². The Balaban J connectivity index is 1.79. The third-order valence-corrected chi connectivity index (χ3v) is 2.95. The number of anilines is 1. The van der Waals surface area contributed by atoms with Crippen molar-refractivity contribution in [2.45, 2.75) is 26.7 Å². The molecule has 0 spiro atoms. The third kappa shape index (κ3) is 2.79. The molecule has 0 aliphatic carbocycles. The van der Waals surface area contributed by atoms with Crippen LogP contribution in [0.15, 0.2) is 9.90 Å². The van der Waals surface area contributed by atoms with Gasteiger partial charge in [-0.1, -0.05) is 12.1 Å². The van der Waals surface area contributed by atoms with Crippen molar-refractivity contribution in [3.63, 3.8) is 0 Å². The van der Waals surface area contributed by atoms with E-state index < -0.39 is 0 Å². The van der Waals surface area contributed by atoms with Crippen LogP contribution in [0.25, 0.3) is 0 Å². The zero-order chi connectivity index (χ0) is 11.4. The van der Waals surface area contributed by atoms with Gasteiger partial charge in [-0.05, 0) is 13.3 Å². The Labute approximate surface area is 97.9 Å². The summed E-state index contributed by atoms with van der Waals surface area (Å²) in [5.74, 6) is 1.34. The van der Waals surface area contributed by atoms with Crippen LogP contribution in [0.1, 0.15) is 24.3 Å². The largest absolute Gasteiger partial charge is 0.361 e. The monoisotopic (exact) mass is 238 g/mol. The van der Waals surface area contributed by atoms with E-state index in [2.05, 4.69) is 32.7 Å². The van der Waals surface area contributed by atoms with Crippen molar-refractivity contribution in [3.8, 4) is 0 Å². The number of hydrogen-bond donors (Lipinski definition) is 1. The minimum absolute atomic E-state index is 0.664. The fourth-order valence-electron chi connectivity index (χ4n) is 1.27. The standard InChI is InChI=1S/C10H14N4OS/c1-3-8-6-16-10(13-8)11-5-4-9-12-7(2)14-15-9/h6H,3-5H2,1-2H3,(H,11,13). The summed E-state index contributed by atoms with van der Waals surface area (Å²) in [6, 6.07) is 0. The third-order valence-electron chi connectivity index (χ3n) is 2.10. The predicted molar refractivity (Wildman–Crippen MR) is 62.7 cm³/mol. The van der Waals surface area contributed by atoms with Gasteiger partial charge in [0, 0.05) is 18.3 Å². The summed E-state index contributed by atoms with van der Waals surface area (Å²) in [4.78, 5) is 8.53. The molecule has 0 atom stereocenters. The van der Waals surface area contributed by atoms with Gasteiger partial charge in [0.25, 0.3) is 0 Å². The molecule has 0 amide bonds. The van der Waals surface area contributed by atoms with Crippen LogP contribution in [0, 0.1) is 6.92 Å². The molecule has 2 aromatic rings. The topological polar surface area (TPSA) is 63.8 Å². The molecule has 1 N–H and O–H groups in total. The quantitative estimate of drug-likeness (QED) is 0.863. The average Bonchev–Trinajstić information content (AvgIpc) is 2.88. The number of nitrogens with zero attached hydrogens (tertiary/aromatic N) is 3. The van der Waals surface area contributed by atoms with Crippen molar-refractivity contribution in [2.24, 2.45) is 0 Å². The van der Waals surface area contributed by atoms with Gasteiger partial charge in [0.1, 0.15) is 0 Å². The molecule has 0 bridgehead atoms. The van der Waals surface area contributed by atoms with Crippen LogP contribution in [0.2, 0.25) is 0 Å². The normalized spacial score (nSPS) is 10.6. The van der Waals surface area contributed by atoms with Crippen LogP contribution < -0.4 is 5.32 Å². The van der Waals surface area contributed by atoms with E-state index in [0.717, 1.165) is 30.2 Å². The smallest absolute Gasteiger partial charge is 0.228 e. The molecule has 6 heteroatoms. The second kappa shape index (κ2) is 5.07. The molecule has 0 saturated carbocycles. The molecule has 0 fully saturated rings. The highest BCUT2D eigenvalue weighted by Crippen LogP contribution is 2.15. The molecule has 0 unspecified atom stereocenters. The lowest BCUT2D eigenvalue weighted by Gasteiger charge is -1.98. The van der Waals surface area contributed by atoms with Crippen LogP contribution in [-0.4, -0.2) is 21.7 Å². The predicted octanol–water partition coefficient (Wildman–Crippen LogP) is 2.05. The summed E-state index contributed by atoms with van der Waals surface area (Å²) in [7, 11) is 0. The molecule has 0 aromatic carbocycles. The van der Waals surface area contributed by atoms with Gasteiger partial charge in [0.05, 0.1) is 5.69 Å². The molecule has 86 valence electrons. The fraction of sp³-hybridized carbons (Fsp3) is 0.500. The molecular formula is C10H14N4OS. The van der Waals surface area contributed by atoms with Crippen LogP contribution in [0.4, 0.5) is 5.13 Å². The molecule has 2 rings (SSSR count). The van der Waals surface area contributed by atoms with Gasteiger partial charge in [-0.15, -0.1) is 11.3 Å². The van der Waals surface area contributed by atoms with E-state index in [1.165, 1.54) is 0 Å². The van der Waals surface area contributed by atoms with E-state index in [9.17, 15) is 0 Å². The summed E-state index contributed by atoms with van der Waals surface area (Å²) in [6.07, 6.45) is 1.70. The van der Waals surface area contributed by atoms with Crippen LogP contribution in [-0.2, 0) is 12.8 Å². The van der Waals surface area contributed by atoms with E-state index in [0.29, 0.717) is 11.7 Å². The van der Waals surface area contributed by atoms with Gasteiger partial charge in [-0.2, -0.15) is 4.98 Å². The van der Waals surface area contributed by atoms with Gasteiger partial charge in [0.15, 0.2) is 11.0 Å². The minimum atomic E-state index is 0.664. The number of hydrogen-bond acceptors (Lipinski definition) is 6. The molecule has 2 heterocycles. The van der Waals surface area contributed by atoms with Gasteiger partial charge in [0.2, 0.25) is 5.89 Å². The lowest BCUT2D eigenvalue weighted by atomic mass is 10.4. The molecule has 0 aliphatic heterocycles. The number of rotatable bonds is 5. The van der Waals surface area contributed by atoms with Crippen LogP contribution >= 0.6 is 11.3 Å². The molecule has 0 aliphatic rings. The van der Waals surface area contributed by atoms with Gasteiger partial charge < -0.3 is 9.84 Å². The van der Waals surface area contributed by atoms with Crippen molar-refractivity contribution in [2.75, 3.05) is 11.9 Å². The van der Waals surface area contributed by atoms with Crippen LogP contribution in [0.3, 0.4) is 0 Å². The first-order chi connectivity index (χ1) is 7.78. The Kier molecular flexibility index (Phi) is 3.51. The maximum atomic E-state index is 5.01. The number of thiazole rings is 1. The Hall–Kier alpha value is -1.43. The Morgan fingerprint density at radius 2 is 2.31 bits per heavy atom. The number of aryl methyl sites for hydroxylation is 2. The van der Waals surface area contributed by atoms with E-state index in [-0.39, 0.29) is 0 Å². The van der Waals surface area contributed by atoms with Crippen molar-refractivity contribution in [3.05, 3.63) is 22.8 Å².